The highest BCUT2D eigenvalue weighted by Gasteiger charge is 2.44. The van der Waals surface area contributed by atoms with E-state index in [1.807, 2.05) is 33.1 Å². The van der Waals surface area contributed by atoms with Gasteiger partial charge in [-0.15, -0.1) is 23.1 Å². The number of thioether (sulfide) groups is 1. The molecule has 2 unspecified atom stereocenters. The summed E-state index contributed by atoms with van der Waals surface area (Å²) in [7, 11) is 0. The van der Waals surface area contributed by atoms with Gasteiger partial charge in [-0.1, -0.05) is 6.07 Å². The first-order chi connectivity index (χ1) is 24.1. The number of rotatable bonds is 4. The van der Waals surface area contributed by atoms with Crippen molar-refractivity contribution in [1.29, 1.82) is 5.26 Å². The first-order valence-electron chi connectivity index (χ1n) is 16.8. The summed E-state index contributed by atoms with van der Waals surface area (Å²) >= 11 is 2.30. The molecule has 14 heteroatoms. The quantitative estimate of drug-likeness (QED) is 0.205. The van der Waals surface area contributed by atoms with E-state index in [4.69, 9.17) is 19.2 Å². The zero-order valence-corrected chi connectivity index (χ0v) is 31.2. The minimum atomic E-state index is -0.800. The summed E-state index contributed by atoms with van der Waals surface area (Å²) in [6.07, 6.45) is 2.48. The van der Waals surface area contributed by atoms with Crippen molar-refractivity contribution in [1.82, 2.24) is 9.88 Å². The number of pyridine rings is 1. The van der Waals surface area contributed by atoms with Crippen LogP contribution >= 0.6 is 23.1 Å². The number of hydrogen-bond donors (Lipinski definition) is 1. The van der Waals surface area contributed by atoms with Crippen LogP contribution < -0.4 is 10.2 Å². The predicted octanol–water partition coefficient (Wildman–Crippen LogP) is 8.95. The van der Waals surface area contributed by atoms with Crippen molar-refractivity contribution in [2.75, 3.05) is 29.6 Å². The molecule has 3 aliphatic heterocycles. The van der Waals surface area contributed by atoms with Gasteiger partial charge in [-0.2, -0.15) is 5.26 Å². The number of piperazine rings is 1. The summed E-state index contributed by atoms with van der Waals surface area (Å²) in [5.74, 6) is -1.21. The first kappa shape index (κ1) is 35.2. The molecular weight excluding hydrogens is 697 g/mol. The Morgan fingerprint density at radius 2 is 1.71 bits per heavy atom. The van der Waals surface area contributed by atoms with Crippen LogP contribution in [0.15, 0.2) is 23.2 Å². The minimum Gasteiger partial charge on any atom is -0.444 e. The largest absolute Gasteiger partial charge is 0.444 e. The average Bonchev–Trinajstić information content (AvgIpc) is 3.73. The van der Waals surface area contributed by atoms with Gasteiger partial charge in [0.2, 0.25) is 0 Å². The number of hydrogen-bond acceptors (Lipinski definition) is 10. The molecule has 0 aliphatic carbocycles. The van der Waals surface area contributed by atoms with Crippen molar-refractivity contribution in [3.63, 3.8) is 0 Å². The highest BCUT2D eigenvalue weighted by molar-refractivity contribution is 7.98. The molecule has 5 heterocycles. The van der Waals surface area contributed by atoms with Crippen molar-refractivity contribution in [3.05, 3.63) is 46.5 Å². The van der Waals surface area contributed by atoms with Crippen molar-refractivity contribution in [3.8, 4) is 17.2 Å². The summed E-state index contributed by atoms with van der Waals surface area (Å²) in [6, 6.07) is 6.82. The number of thiophene rings is 1. The van der Waals surface area contributed by atoms with Gasteiger partial charge in [0.1, 0.15) is 33.6 Å². The van der Waals surface area contributed by atoms with Crippen LogP contribution in [0.5, 0.6) is 0 Å². The monoisotopic (exact) mass is 735 g/mol. The predicted molar refractivity (Wildman–Crippen MR) is 194 cm³/mol. The number of nitrogens with zero attached hydrogens (tertiary/aromatic N) is 4. The van der Waals surface area contributed by atoms with E-state index in [1.165, 1.54) is 23.9 Å². The SMILES string of the molecule is CSc1cc(N2C3CCC2CN(C(=O)OC(C)(C)C)C3)c2c3c(c(-c4ccc(F)c5sc(NC(=O)OC(C)(C)C)c(C#N)c45)c(F)c2n1)COC3. The molecule has 7 rings (SSSR count). The maximum absolute atomic E-state index is 17.4. The second-order valence-electron chi connectivity index (χ2n) is 15.1. The molecule has 10 nitrogen and oxygen atoms in total. The molecule has 1 N–H and O–H groups in total. The lowest BCUT2D eigenvalue weighted by Gasteiger charge is -2.43. The molecule has 4 aromatic rings. The molecule has 2 saturated heterocycles. The van der Waals surface area contributed by atoms with E-state index in [1.54, 1.807) is 25.7 Å². The summed E-state index contributed by atoms with van der Waals surface area (Å²) in [5.41, 5.74) is 1.47. The Hall–Kier alpha value is -4.19. The van der Waals surface area contributed by atoms with Gasteiger partial charge in [-0.25, -0.2) is 23.4 Å². The molecule has 3 aliphatic rings. The number of nitriles is 1. The van der Waals surface area contributed by atoms with Gasteiger partial charge in [-0.3, -0.25) is 5.32 Å². The third-order valence-corrected chi connectivity index (χ3v) is 11.0. The zero-order valence-electron chi connectivity index (χ0n) is 29.5. The van der Waals surface area contributed by atoms with E-state index >= 15 is 8.78 Å². The van der Waals surface area contributed by atoms with Crippen LogP contribution in [0.3, 0.4) is 0 Å². The number of carbonyl (C=O) groups is 2. The number of halogens is 2. The molecule has 2 aromatic carbocycles. The second kappa shape index (κ2) is 12.8. The Morgan fingerprint density at radius 3 is 2.33 bits per heavy atom. The highest BCUT2D eigenvalue weighted by atomic mass is 32.2. The first-order valence-corrected chi connectivity index (χ1v) is 18.8. The fourth-order valence-corrected chi connectivity index (χ4v) is 8.90. The fraction of sp³-hybridized carbons (Fsp3) is 0.459. The molecule has 268 valence electrons. The number of benzene rings is 2. The number of amides is 2. The van der Waals surface area contributed by atoms with Gasteiger partial charge in [-0.05, 0) is 89.5 Å². The molecule has 0 spiro atoms. The number of fused-ring (bicyclic) bond motifs is 6. The van der Waals surface area contributed by atoms with Crippen LogP contribution in [0.2, 0.25) is 0 Å². The van der Waals surface area contributed by atoms with E-state index in [0.29, 0.717) is 34.6 Å². The third kappa shape index (κ3) is 6.33. The number of likely N-dealkylation sites (tertiary alicyclic amines) is 1. The molecule has 2 bridgehead atoms. The van der Waals surface area contributed by atoms with Crippen LogP contribution in [-0.4, -0.2) is 64.7 Å². The lowest BCUT2D eigenvalue weighted by molar-refractivity contribution is 0.0209. The van der Waals surface area contributed by atoms with Crippen molar-refractivity contribution in [2.45, 2.75) is 95.9 Å². The third-order valence-electron chi connectivity index (χ3n) is 9.27. The van der Waals surface area contributed by atoms with Gasteiger partial charge in [0.15, 0.2) is 5.82 Å². The van der Waals surface area contributed by atoms with E-state index in [2.05, 4.69) is 16.3 Å². The zero-order chi connectivity index (χ0) is 36.6. The van der Waals surface area contributed by atoms with Crippen LogP contribution in [0.4, 0.5) is 29.1 Å². The highest BCUT2D eigenvalue weighted by Crippen LogP contribution is 2.50. The topological polar surface area (TPSA) is 117 Å². The van der Waals surface area contributed by atoms with E-state index in [0.717, 1.165) is 35.4 Å². The number of anilines is 2. The summed E-state index contributed by atoms with van der Waals surface area (Å²) < 4.78 is 50.0. The maximum atomic E-state index is 17.4. The summed E-state index contributed by atoms with van der Waals surface area (Å²) in [5, 5.41) is 14.5. The molecule has 2 fully saturated rings. The van der Waals surface area contributed by atoms with Gasteiger partial charge in [0, 0.05) is 47.2 Å². The minimum absolute atomic E-state index is 0.00565. The second-order valence-corrected chi connectivity index (χ2v) is 16.9. The van der Waals surface area contributed by atoms with Gasteiger partial charge in [0.25, 0.3) is 0 Å². The Bertz CT molecular complexity index is 2140. The number of carbonyl (C=O) groups excluding carboxylic acids is 2. The smallest absolute Gasteiger partial charge is 0.412 e. The van der Waals surface area contributed by atoms with Gasteiger partial charge < -0.3 is 24.0 Å². The number of ether oxygens (including phenoxy) is 3. The van der Waals surface area contributed by atoms with Crippen molar-refractivity contribution >= 4 is 67.0 Å². The molecular formula is C37H39F2N5O5S2. The van der Waals surface area contributed by atoms with E-state index in [9.17, 15) is 14.9 Å². The molecule has 2 atom stereocenters. The molecule has 2 aromatic heterocycles. The number of nitrogens with one attached hydrogen (secondary N) is 1. The van der Waals surface area contributed by atoms with Crippen LogP contribution in [-0.2, 0) is 27.4 Å². The normalized spacial score (nSPS) is 18.7. The van der Waals surface area contributed by atoms with E-state index < -0.39 is 28.9 Å². The Balaban J connectivity index is 1.38. The Labute approximate surface area is 303 Å². The summed E-state index contributed by atoms with van der Waals surface area (Å²) in [6.45, 7) is 12.0. The average molecular weight is 736 g/mol. The lowest BCUT2D eigenvalue weighted by atomic mass is 9.89. The summed E-state index contributed by atoms with van der Waals surface area (Å²) in [4.78, 5) is 34.7. The molecule has 0 saturated carbocycles. The molecule has 51 heavy (non-hydrogen) atoms. The lowest BCUT2D eigenvalue weighted by Crippen LogP contribution is -2.56. The van der Waals surface area contributed by atoms with Crippen LogP contribution in [0.25, 0.3) is 32.1 Å². The fourth-order valence-electron chi connectivity index (χ4n) is 7.42. The van der Waals surface area contributed by atoms with Gasteiger partial charge >= 0.3 is 12.2 Å². The van der Waals surface area contributed by atoms with Crippen LogP contribution in [0, 0.1) is 23.0 Å². The van der Waals surface area contributed by atoms with E-state index in [-0.39, 0.29) is 63.1 Å². The maximum Gasteiger partial charge on any atom is 0.412 e. The Kier molecular flexibility index (Phi) is 8.83. The van der Waals surface area contributed by atoms with Crippen molar-refractivity contribution in [2.24, 2.45) is 0 Å². The van der Waals surface area contributed by atoms with Gasteiger partial charge in [0.05, 0.1) is 28.5 Å². The van der Waals surface area contributed by atoms with Crippen LogP contribution in [0.1, 0.15) is 71.1 Å². The standard InChI is InChI=1S/C37H39F2N5O5S2/c1-36(2,3)48-34(45)42-33-21(13-40)28-20(10-11-24(38)32(28)51-33)27-22-16-47-17-23(22)29-25(12-26(50-7)41-31(29)30(27)39)44-18-8-9-19(44)15-43(14-18)35(46)49-37(4,5)6/h10-12,18-19H,8-9,14-17H2,1-7H3,(H,42,45). The number of aromatic nitrogens is 1. The van der Waals surface area contributed by atoms with Crippen molar-refractivity contribution < 1.29 is 32.6 Å². The molecule has 2 amide bonds. The Morgan fingerprint density at radius 1 is 1.04 bits per heavy atom. The molecule has 0 radical (unpaired) electrons.